The Bertz CT molecular complexity index is 715. The van der Waals surface area contributed by atoms with Crippen molar-refractivity contribution in [2.45, 2.75) is 46.1 Å². The molecule has 2 heterocycles. The van der Waals surface area contributed by atoms with Crippen LogP contribution in [0.25, 0.3) is 0 Å². The molecular weight excluding hydrogens is 310 g/mol. The van der Waals surface area contributed by atoms with E-state index in [1.54, 1.807) is 6.20 Å². The van der Waals surface area contributed by atoms with E-state index in [0.29, 0.717) is 29.2 Å². The fraction of sp³-hybridized carbons (Fsp3) is 0.500. The molecule has 0 aromatic carbocycles. The molecule has 0 bridgehead atoms. The molecule has 0 fully saturated rings. The van der Waals surface area contributed by atoms with E-state index in [2.05, 4.69) is 48.2 Å². The van der Waals surface area contributed by atoms with Crippen molar-refractivity contribution in [3.8, 4) is 0 Å². The monoisotopic (exact) mass is 333 g/mol. The highest BCUT2D eigenvalue weighted by Crippen LogP contribution is 2.11. The van der Waals surface area contributed by atoms with Crippen molar-refractivity contribution in [2.24, 2.45) is 0 Å². The number of aromatic amines is 1. The number of hydrogen-bond acceptors (Lipinski definition) is 4. The van der Waals surface area contributed by atoms with E-state index in [0.717, 1.165) is 11.5 Å². The third-order valence-corrected chi connectivity index (χ3v) is 3.86. The first kappa shape index (κ1) is 17.3. The number of H-pyrrole nitrogens is 1. The molecular formula is C16H23N5OS. The first-order chi connectivity index (χ1) is 10.9. The Labute approximate surface area is 141 Å². The topological polar surface area (TPSA) is 75.6 Å². The smallest absolute Gasteiger partial charge is 0.252 e. The number of hydrogen-bond donors (Lipinski definition) is 2. The van der Waals surface area contributed by atoms with E-state index in [9.17, 15) is 4.79 Å². The standard InChI is InChI=1S/C16H23N5OS/c1-10(2)13-6-5-12(9-18-13)15(22)17-8-7-14-19-20-16(23)21(14)11(3)4/h5-6,9-11H,7-8H2,1-4H3,(H,17,22)(H,20,23). The zero-order chi connectivity index (χ0) is 17.0. The predicted octanol–water partition coefficient (Wildman–Crippen LogP) is 3.01. The van der Waals surface area contributed by atoms with Gasteiger partial charge in [0, 0.05) is 30.9 Å². The summed E-state index contributed by atoms with van der Waals surface area (Å²) >= 11 is 5.21. The van der Waals surface area contributed by atoms with Crippen LogP contribution in [0.15, 0.2) is 18.3 Å². The van der Waals surface area contributed by atoms with Gasteiger partial charge in [-0.25, -0.2) is 0 Å². The second-order valence-electron chi connectivity index (χ2n) is 6.04. The van der Waals surface area contributed by atoms with Crippen molar-refractivity contribution < 1.29 is 4.79 Å². The van der Waals surface area contributed by atoms with E-state index < -0.39 is 0 Å². The van der Waals surface area contributed by atoms with Gasteiger partial charge in [0.05, 0.1) is 5.56 Å². The van der Waals surface area contributed by atoms with Gasteiger partial charge in [-0.3, -0.25) is 14.9 Å². The molecule has 0 aliphatic rings. The fourth-order valence-corrected chi connectivity index (χ4v) is 2.68. The Balaban J connectivity index is 1.94. The number of amides is 1. The van der Waals surface area contributed by atoms with Crippen LogP contribution in [0.2, 0.25) is 0 Å². The van der Waals surface area contributed by atoms with Crippen molar-refractivity contribution in [2.75, 3.05) is 6.54 Å². The number of carbonyl (C=O) groups is 1. The molecule has 6 nitrogen and oxygen atoms in total. The molecule has 2 N–H and O–H groups in total. The van der Waals surface area contributed by atoms with Gasteiger partial charge in [0.1, 0.15) is 5.82 Å². The molecule has 0 radical (unpaired) electrons. The van der Waals surface area contributed by atoms with Crippen LogP contribution in [0.5, 0.6) is 0 Å². The molecule has 0 aliphatic carbocycles. The zero-order valence-corrected chi connectivity index (χ0v) is 14.8. The quantitative estimate of drug-likeness (QED) is 0.797. The number of pyridine rings is 1. The maximum atomic E-state index is 12.1. The third kappa shape index (κ3) is 4.25. The summed E-state index contributed by atoms with van der Waals surface area (Å²) < 4.78 is 2.57. The van der Waals surface area contributed by atoms with Crippen molar-refractivity contribution in [3.05, 3.63) is 40.2 Å². The lowest BCUT2D eigenvalue weighted by Gasteiger charge is -2.11. The van der Waals surface area contributed by atoms with Crippen LogP contribution in [-0.2, 0) is 6.42 Å². The van der Waals surface area contributed by atoms with Crippen LogP contribution >= 0.6 is 12.2 Å². The SMILES string of the molecule is CC(C)c1ccc(C(=O)NCCc2n[nH]c(=S)n2C(C)C)cn1. The van der Waals surface area contributed by atoms with Gasteiger partial charge in [0.15, 0.2) is 4.77 Å². The van der Waals surface area contributed by atoms with Crippen LogP contribution in [0.1, 0.15) is 61.5 Å². The molecule has 0 saturated heterocycles. The van der Waals surface area contributed by atoms with Gasteiger partial charge in [-0.1, -0.05) is 13.8 Å². The van der Waals surface area contributed by atoms with Gasteiger partial charge < -0.3 is 9.88 Å². The number of carbonyl (C=O) groups excluding carboxylic acids is 1. The molecule has 0 unspecified atom stereocenters. The van der Waals surface area contributed by atoms with Gasteiger partial charge in [0.2, 0.25) is 0 Å². The van der Waals surface area contributed by atoms with Crippen LogP contribution in [-0.4, -0.2) is 32.2 Å². The first-order valence-electron chi connectivity index (χ1n) is 7.80. The Morgan fingerprint density at radius 3 is 2.65 bits per heavy atom. The van der Waals surface area contributed by atoms with E-state index in [1.807, 2.05) is 16.7 Å². The number of nitrogens with zero attached hydrogens (tertiary/aromatic N) is 3. The molecule has 23 heavy (non-hydrogen) atoms. The maximum absolute atomic E-state index is 12.1. The van der Waals surface area contributed by atoms with Gasteiger partial charge in [0.25, 0.3) is 5.91 Å². The average Bonchev–Trinajstić information content (AvgIpc) is 2.88. The average molecular weight is 333 g/mol. The van der Waals surface area contributed by atoms with Crippen LogP contribution in [0, 0.1) is 4.77 Å². The lowest BCUT2D eigenvalue weighted by molar-refractivity contribution is 0.0953. The van der Waals surface area contributed by atoms with Gasteiger partial charge >= 0.3 is 0 Å². The summed E-state index contributed by atoms with van der Waals surface area (Å²) in [7, 11) is 0. The Hall–Kier alpha value is -2.02. The Kier molecular flexibility index (Phi) is 5.65. The van der Waals surface area contributed by atoms with Crippen molar-refractivity contribution in [1.82, 2.24) is 25.1 Å². The highest BCUT2D eigenvalue weighted by atomic mass is 32.1. The lowest BCUT2D eigenvalue weighted by atomic mass is 10.1. The second-order valence-corrected chi connectivity index (χ2v) is 6.43. The summed E-state index contributed by atoms with van der Waals surface area (Å²) in [5, 5.41) is 9.91. The van der Waals surface area contributed by atoms with Crippen molar-refractivity contribution >= 4 is 18.1 Å². The summed E-state index contributed by atoms with van der Waals surface area (Å²) in [6, 6.07) is 3.94. The molecule has 0 saturated carbocycles. The summed E-state index contributed by atoms with van der Waals surface area (Å²) in [6.45, 7) is 8.74. The second kappa shape index (κ2) is 7.50. The van der Waals surface area contributed by atoms with Gasteiger partial charge in [-0.2, -0.15) is 5.10 Å². The van der Waals surface area contributed by atoms with Crippen LogP contribution in [0.4, 0.5) is 0 Å². The van der Waals surface area contributed by atoms with Crippen molar-refractivity contribution in [3.63, 3.8) is 0 Å². The fourth-order valence-electron chi connectivity index (χ4n) is 2.32. The van der Waals surface area contributed by atoms with Crippen LogP contribution < -0.4 is 5.32 Å². The van der Waals surface area contributed by atoms with E-state index >= 15 is 0 Å². The molecule has 7 heteroatoms. The van der Waals surface area contributed by atoms with E-state index in [1.165, 1.54) is 0 Å². The maximum Gasteiger partial charge on any atom is 0.252 e. The number of aromatic nitrogens is 4. The van der Waals surface area contributed by atoms with Crippen LogP contribution in [0.3, 0.4) is 0 Å². The minimum atomic E-state index is -0.127. The van der Waals surface area contributed by atoms with Gasteiger partial charge in [-0.05, 0) is 44.1 Å². The highest BCUT2D eigenvalue weighted by Gasteiger charge is 2.11. The Morgan fingerprint density at radius 2 is 2.09 bits per heavy atom. The molecule has 2 aromatic rings. The summed E-state index contributed by atoms with van der Waals surface area (Å²) in [5.74, 6) is 1.07. The first-order valence-corrected chi connectivity index (χ1v) is 8.21. The van der Waals surface area contributed by atoms with E-state index in [4.69, 9.17) is 12.2 Å². The summed E-state index contributed by atoms with van der Waals surface area (Å²) in [6.07, 6.45) is 2.24. The normalized spacial score (nSPS) is 11.2. The minimum Gasteiger partial charge on any atom is -0.352 e. The van der Waals surface area contributed by atoms with Crippen molar-refractivity contribution in [1.29, 1.82) is 0 Å². The molecule has 124 valence electrons. The summed E-state index contributed by atoms with van der Waals surface area (Å²) in [4.78, 5) is 16.4. The molecule has 0 atom stereocenters. The molecule has 0 aliphatic heterocycles. The number of rotatable bonds is 6. The zero-order valence-electron chi connectivity index (χ0n) is 14.0. The third-order valence-electron chi connectivity index (χ3n) is 3.57. The van der Waals surface area contributed by atoms with Gasteiger partial charge in [-0.15, -0.1) is 0 Å². The minimum absolute atomic E-state index is 0.127. The molecule has 2 rings (SSSR count). The predicted molar refractivity (Wildman–Crippen MR) is 92.2 cm³/mol. The Morgan fingerprint density at radius 1 is 1.35 bits per heavy atom. The molecule has 0 spiro atoms. The highest BCUT2D eigenvalue weighted by molar-refractivity contribution is 7.71. The lowest BCUT2D eigenvalue weighted by Crippen LogP contribution is -2.26. The largest absolute Gasteiger partial charge is 0.352 e. The molecule has 2 aromatic heterocycles. The van der Waals surface area contributed by atoms with E-state index in [-0.39, 0.29) is 11.9 Å². The molecule has 1 amide bonds. The number of nitrogens with one attached hydrogen (secondary N) is 2. The summed E-state index contributed by atoms with van der Waals surface area (Å²) in [5.41, 5.74) is 1.55.